The van der Waals surface area contributed by atoms with Crippen molar-refractivity contribution < 1.29 is 9.59 Å². The third kappa shape index (κ3) is 1.92. The Morgan fingerprint density at radius 3 is 2.60 bits per heavy atom. The number of carbonyl (C=O) groups is 2. The molecule has 1 aliphatic heterocycles. The van der Waals surface area contributed by atoms with Crippen LogP contribution >= 0.6 is 0 Å². The standard InChI is InChI=1S/C12H19NO2/c1-8-11(15)13-10(14)7-12(8,2)6-9-4-3-5-9/h8-9H,3-7H2,1-2H3,(H,13,14,15). The van der Waals surface area contributed by atoms with Gasteiger partial charge in [0.1, 0.15) is 0 Å². The first-order valence-corrected chi connectivity index (χ1v) is 5.85. The van der Waals surface area contributed by atoms with Crippen LogP contribution in [0.5, 0.6) is 0 Å². The van der Waals surface area contributed by atoms with Crippen LogP contribution in [0, 0.1) is 17.3 Å². The molecule has 0 radical (unpaired) electrons. The van der Waals surface area contributed by atoms with Gasteiger partial charge in [-0.05, 0) is 17.8 Å². The molecule has 15 heavy (non-hydrogen) atoms. The van der Waals surface area contributed by atoms with E-state index in [-0.39, 0.29) is 23.1 Å². The highest BCUT2D eigenvalue weighted by Crippen LogP contribution is 2.45. The van der Waals surface area contributed by atoms with Gasteiger partial charge in [-0.1, -0.05) is 33.1 Å². The zero-order valence-electron chi connectivity index (χ0n) is 9.51. The first-order chi connectivity index (χ1) is 7.01. The largest absolute Gasteiger partial charge is 0.296 e. The first kappa shape index (κ1) is 10.7. The Morgan fingerprint density at radius 2 is 2.07 bits per heavy atom. The molecular formula is C12H19NO2. The molecule has 1 saturated carbocycles. The lowest BCUT2D eigenvalue weighted by Crippen LogP contribution is -2.50. The minimum atomic E-state index is -0.107. The summed E-state index contributed by atoms with van der Waals surface area (Å²) >= 11 is 0. The number of imide groups is 1. The normalized spacial score (nSPS) is 37.3. The van der Waals surface area contributed by atoms with E-state index in [2.05, 4.69) is 12.2 Å². The number of carbonyl (C=O) groups excluding carboxylic acids is 2. The second-order valence-corrected chi connectivity index (χ2v) is 5.47. The number of hydrogen-bond acceptors (Lipinski definition) is 2. The minimum absolute atomic E-state index is 0.0317. The molecule has 0 aromatic rings. The van der Waals surface area contributed by atoms with Gasteiger partial charge < -0.3 is 0 Å². The maximum absolute atomic E-state index is 11.6. The Morgan fingerprint density at radius 1 is 1.40 bits per heavy atom. The molecule has 1 saturated heterocycles. The molecule has 0 spiro atoms. The second kappa shape index (κ2) is 3.62. The fourth-order valence-corrected chi connectivity index (χ4v) is 2.73. The lowest BCUT2D eigenvalue weighted by atomic mass is 9.64. The molecular weight excluding hydrogens is 190 g/mol. The molecule has 1 aliphatic carbocycles. The van der Waals surface area contributed by atoms with Gasteiger partial charge in [0.25, 0.3) is 0 Å². The van der Waals surface area contributed by atoms with Gasteiger partial charge in [0, 0.05) is 12.3 Å². The summed E-state index contributed by atoms with van der Waals surface area (Å²) in [5, 5.41) is 2.42. The number of rotatable bonds is 2. The van der Waals surface area contributed by atoms with Crippen LogP contribution in [0.1, 0.15) is 46.0 Å². The lowest BCUT2D eigenvalue weighted by molar-refractivity contribution is -0.143. The monoisotopic (exact) mass is 209 g/mol. The van der Waals surface area contributed by atoms with Crippen LogP contribution in [-0.2, 0) is 9.59 Å². The Balaban J connectivity index is 2.08. The Kier molecular flexibility index (Phi) is 2.57. The predicted octanol–water partition coefficient (Wildman–Crippen LogP) is 1.87. The molecule has 2 amide bonds. The SMILES string of the molecule is CC1C(=O)NC(=O)CC1(C)CC1CCC1. The molecule has 3 heteroatoms. The Labute approximate surface area is 90.6 Å². The van der Waals surface area contributed by atoms with E-state index < -0.39 is 0 Å². The maximum atomic E-state index is 11.6. The van der Waals surface area contributed by atoms with Gasteiger partial charge in [-0.25, -0.2) is 0 Å². The van der Waals surface area contributed by atoms with E-state index in [4.69, 9.17) is 0 Å². The molecule has 1 heterocycles. The second-order valence-electron chi connectivity index (χ2n) is 5.47. The van der Waals surface area contributed by atoms with Crippen LogP contribution in [0.25, 0.3) is 0 Å². The van der Waals surface area contributed by atoms with Crippen molar-refractivity contribution in [1.29, 1.82) is 0 Å². The molecule has 2 fully saturated rings. The van der Waals surface area contributed by atoms with E-state index in [9.17, 15) is 9.59 Å². The van der Waals surface area contributed by atoms with Crippen molar-refractivity contribution in [2.24, 2.45) is 17.3 Å². The van der Waals surface area contributed by atoms with Crippen molar-refractivity contribution in [3.05, 3.63) is 0 Å². The van der Waals surface area contributed by atoms with Crippen LogP contribution in [0.4, 0.5) is 0 Å². The molecule has 2 rings (SSSR count). The average molecular weight is 209 g/mol. The van der Waals surface area contributed by atoms with Gasteiger partial charge >= 0.3 is 0 Å². The highest BCUT2D eigenvalue weighted by Gasteiger charge is 2.44. The van der Waals surface area contributed by atoms with Crippen LogP contribution in [-0.4, -0.2) is 11.8 Å². The number of nitrogens with one attached hydrogen (secondary N) is 1. The van der Waals surface area contributed by atoms with Gasteiger partial charge in [-0.3, -0.25) is 14.9 Å². The summed E-state index contributed by atoms with van der Waals surface area (Å²) in [6.07, 6.45) is 5.41. The average Bonchev–Trinajstić information content (AvgIpc) is 2.08. The molecule has 1 N–H and O–H groups in total. The summed E-state index contributed by atoms with van der Waals surface area (Å²) in [6, 6.07) is 0. The Bertz CT molecular complexity index is 296. The van der Waals surface area contributed by atoms with Crippen molar-refractivity contribution >= 4 is 11.8 Å². The van der Waals surface area contributed by atoms with Gasteiger partial charge in [0.2, 0.25) is 11.8 Å². The Hall–Kier alpha value is -0.860. The smallest absolute Gasteiger partial charge is 0.229 e. The molecule has 2 atom stereocenters. The molecule has 0 aromatic heterocycles. The van der Waals surface area contributed by atoms with Crippen molar-refractivity contribution in [2.75, 3.05) is 0 Å². The third-order valence-electron chi connectivity index (χ3n) is 4.25. The fraction of sp³-hybridized carbons (Fsp3) is 0.833. The summed E-state index contributed by atoms with van der Waals surface area (Å²) in [6.45, 7) is 4.03. The van der Waals surface area contributed by atoms with Crippen molar-refractivity contribution in [1.82, 2.24) is 5.32 Å². The van der Waals surface area contributed by atoms with Crippen molar-refractivity contribution in [2.45, 2.75) is 46.0 Å². The fourth-order valence-electron chi connectivity index (χ4n) is 2.73. The number of piperidine rings is 1. The van der Waals surface area contributed by atoms with Gasteiger partial charge in [0.15, 0.2) is 0 Å². The van der Waals surface area contributed by atoms with Crippen LogP contribution in [0.15, 0.2) is 0 Å². The van der Waals surface area contributed by atoms with Crippen molar-refractivity contribution in [3.63, 3.8) is 0 Å². The molecule has 2 unspecified atom stereocenters. The number of hydrogen-bond donors (Lipinski definition) is 1. The van der Waals surface area contributed by atoms with Crippen molar-refractivity contribution in [3.8, 4) is 0 Å². The van der Waals surface area contributed by atoms with E-state index in [1.165, 1.54) is 19.3 Å². The number of amides is 2. The summed E-state index contributed by atoms with van der Waals surface area (Å²) in [4.78, 5) is 23.0. The maximum Gasteiger partial charge on any atom is 0.229 e. The van der Waals surface area contributed by atoms with Gasteiger partial charge in [0.05, 0.1) is 0 Å². The van der Waals surface area contributed by atoms with E-state index >= 15 is 0 Å². The van der Waals surface area contributed by atoms with Gasteiger partial charge in [-0.15, -0.1) is 0 Å². The molecule has 2 aliphatic rings. The highest BCUT2D eigenvalue weighted by molar-refractivity contribution is 5.99. The summed E-state index contributed by atoms with van der Waals surface area (Å²) in [5.74, 6) is 0.528. The molecule has 84 valence electrons. The predicted molar refractivity (Wildman–Crippen MR) is 57.0 cm³/mol. The summed E-state index contributed by atoms with van der Waals surface area (Å²) < 4.78 is 0. The quantitative estimate of drug-likeness (QED) is 0.706. The third-order valence-corrected chi connectivity index (χ3v) is 4.25. The van der Waals surface area contributed by atoms with Crippen LogP contribution < -0.4 is 5.32 Å². The zero-order valence-corrected chi connectivity index (χ0v) is 9.51. The summed E-state index contributed by atoms with van der Waals surface area (Å²) in [7, 11) is 0. The van der Waals surface area contributed by atoms with E-state index in [0.29, 0.717) is 6.42 Å². The highest BCUT2D eigenvalue weighted by atomic mass is 16.2. The molecule has 0 bridgehead atoms. The van der Waals surface area contributed by atoms with E-state index in [0.717, 1.165) is 12.3 Å². The van der Waals surface area contributed by atoms with E-state index in [1.54, 1.807) is 0 Å². The molecule has 3 nitrogen and oxygen atoms in total. The van der Waals surface area contributed by atoms with E-state index in [1.807, 2.05) is 6.92 Å². The lowest BCUT2D eigenvalue weighted by Gasteiger charge is -2.42. The zero-order chi connectivity index (χ0) is 11.1. The summed E-state index contributed by atoms with van der Waals surface area (Å²) in [5.41, 5.74) is -0.107. The van der Waals surface area contributed by atoms with Crippen LogP contribution in [0.2, 0.25) is 0 Å². The molecule has 0 aromatic carbocycles. The van der Waals surface area contributed by atoms with Crippen LogP contribution in [0.3, 0.4) is 0 Å². The topological polar surface area (TPSA) is 46.2 Å². The minimum Gasteiger partial charge on any atom is -0.296 e. The van der Waals surface area contributed by atoms with Gasteiger partial charge in [-0.2, -0.15) is 0 Å². The first-order valence-electron chi connectivity index (χ1n) is 5.85.